The fourth-order valence-electron chi connectivity index (χ4n) is 3.91. The average molecular weight is 348 g/mol. The Labute approximate surface area is 154 Å². The van der Waals surface area contributed by atoms with Gasteiger partial charge in [-0.15, -0.1) is 0 Å². The van der Waals surface area contributed by atoms with Crippen molar-refractivity contribution in [1.29, 1.82) is 0 Å². The topological polar surface area (TPSA) is 34.5 Å². The first-order valence-corrected chi connectivity index (χ1v) is 9.32. The molecule has 1 aromatic heterocycles. The van der Waals surface area contributed by atoms with Crippen LogP contribution in [0, 0.1) is 0 Å². The molecule has 2 heterocycles. The van der Waals surface area contributed by atoms with Crippen molar-refractivity contribution in [1.82, 2.24) is 9.47 Å². The molecule has 3 aromatic rings. The van der Waals surface area contributed by atoms with E-state index >= 15 is 0 Å². The van der Waals surface area contributed by atoms with Gasteiger partial charge in [-0.3, -0.25) is 0 Å². The van der Waals surface area contributed by atoms with Crippen LogP contribution in [0.1, 0.15) is 23.7 Å². The van der Waals surface area contributed by atoms with E-state index in [1.165, 1.54) is 27.7 Å². The molecule has 0 saturated heterocycles. The first-order chi connectivity index (χ1) is 12.8. The smallest absolute Gasteiger partial charge is 0.410 e. The number of amides is 1. The lowest BCUT2D eigenvalue weighted by atomic mass is 10.0. The second-order valence-corrected chi connectivity index (χ2v) is 6.70. The average Bonchev–Trinajstić information content (AvgIpc) is 3.00. The van der Waals surface area contributed by atoms with Crippen molar-refractivity contribution in [3.8, 4) is 0 Å². The number of fused-ring (bicyclic) bond motifs is 3. The Morgan fingerprint density at radius 2 is 1.85 bits per heavy atom. The second-order valence-electron chi connectivity index (χ2n) is 6.70. The Morgan fingerprint density at radius 3 is 2.65 bits per heavy atom. The van der Waals surface area contributed by atoms with Gasteiger partial charge in [0.2, 0.25) is 0 Å². The molecule has 0 spiro atoms. The number of rotatable bonds is 4. The number of aryl methyl sites for hydroxylation is 2. The minimum Gasteiger partial charge on any atom is -0.450 e. The number of nitrogens with zero attached hydrogens (tertiary/aromatic N) is 2. The van der Waals surface area contributed by atoms with Crippen molar-refractivity contribution in [2.24, 2.45) is 0 Å². The maximum absolute atomic E-state index is 12.2. The third-order valence-electron chi connectivity index (χ3n) is 5.15. The van der Waals surface area contributed by atoms with Crippen LogP contribution in [0.3, 0.4) is 0 Å². The molecular formula is C22H24N2O2. The molecule has 26 heavy (non-hydrogen) atoms. The molecule has 2 aromatic carbocycles. The molecule has 4 nitrogen and oxygen atoms in total. The van der Waals surface area contributed by atoms with E-state index in [-0.39, 0.29) is 6.09 Å². The third-order valence-corrected chi connectivity index (χ3v) is 5.15. The molecule has 0 bridgehead atoms. The van der Waals surface area contributed by atoms with Crippen molar-refractivity contribution in [3.63, 3.8) is 0 Å². The van der Waals surface area contributed by atoms with Gasteiger partial charge in [0.25, 0.3) is 0 Å². The Bertz CT molecular complexity index is 915. The lowest BCUT2D eigenvalue weighted by Gasteiger charge is -2.27. The molecule has 0 saturated carbocycles. The minimum absolute atomic E-state index is 0.209. The lowest BCUT2D eigenvalue weighted by Crippen LogP contribution is -2.36. The molecule has 134 valence electrons. The van der Waals surface area contributed by atoms with Crippen molar-refractivity contribution >= 4 is 17.0 Å². The summed E-state index contributed by atoms with van der Waals surface area (Å²) in [6.07, 6.45) is 1.67. The van der Waals surface area contributed by atoms with E-state index in [1.54, 1.807) is 0 Å². The standard InChI is InChI=1S/C22H24N2O2/c1-2-26-22(25)23-14-13-21-19(16-23)18-10-6-7-11-20(18)24(21)15-12-17-8-4-3-5-9-17/h3-11H,2,12-16H2,1H3. The molecule has 1 aliphatic rings. The van der Waals surface area contributed by atoms with E-state index in [0.717, 1.165) is 19.4 Å². The Hall–Kier alpha value is -2.75. The van der Waals surface area contributed by atoms with Crippen LogP contribution in [0.5, 0.6) is 0 Å². The number of para-hydroxylation sites is 1. The molecule has 0 unspecified atom stereocenters. The number of ether oxygens (including phenoxy) is 1. The number of carbonyl (C=O) groups is 1. The lowest BCUT2D eigenvalue weighted by molar-refractivity contribution is 0.102. The number of hydrogen-bond donors (Lipinski definition) is 0. The van der Waals surface area contributed by atoms with Crippen molar-refractivity contribution < 1.29 is 9.53 Å². The maximum Gasteiger partial charge on any atom is 0.410 e. The van der Waals surface area contributed by atoms with Gasteiger partial charge in [0.1, 0.15) is 0 Å². The second kappa shape index (κ2) is 7.24. The highest BCUT2D eigenvalue weighted by molar-refractivity contribution is 5.86. The fraction of sp³-hybridized carbons (Fsp3) is 0.318. The molecule has 1 amide bonds. The SMILES string of the molecule is CCOC(=O)N1CCc2c(c3ccccc3n2CCc2ccccc2)C1. The van der Waals surface area contributed by atoms with E-state index in [1.807, 2.05) is 11.8 Å². The summed E-state index contributed by atoms with van der Waals surface area (Å²) in [4.78, 5) is 14.0. The van der Waals surface area contributed by atoms with Gasteiger partial charge in [0.05, 0.1) is 13.2 Å². The summed E-state index contributed by atoms with van der Waals surface area (Å²) in [5.74, 6) is 0. The highest BCUT2D eigenvalue weighted by Gasteiger charge is 2.26. The Balaban J connectivity index is 1.66. The van der Waals surface area contributed by atoms with Gasteiger partial charge in [-0.05, 0) is 25.0 Å². The van der Waals surface area contributed by atoms with Gasteiger partial charge >= 0.3 is 6.09 Å². The molecule has 0 fully saturated rings. The number of benzene rings is 2. The molecule has 0 aliphatic carbocycles. The summed E-state index contributed by atoms with van der Waals surface area (Å²) in [5, 5.41) is 1.25. The highest BCUT2D eigenvalue weighted by atomic mass is 16.6. The molecular weight excluding hydrogens is 324 g/mol. The van der Waals surface area contributed by atoms with Crippen molar-refractivity contribution in [3.05, 3.63) is 71.4 Å². The van der Waals surface area contributed by atoms with E-state index < -0.39 is 0 Å². The summed E-state index contributed by atoms with van der Waals surface area (Å²) in [6.45, 7) is 4.57. The van der Waals surface area contributed by atoms with Crippen molar-refractivity contribution in [2.75, 3.05) is 13.2 Å². The molecule has 0 atom stereocenters. The fourth-order valence-corrected chi connectivity index (χ4v) is 3.91. The van der Waals surface area contributed by atoms with Crippen LogP contribution in [0.15, 0.2) is 54.6 Å². The van der Waals surface area contributed by atoms with E-state index in [4.69, 9.17) is 4.74 Å². The highest BCUT2D eigenvalue weighted by Crippen LogP contribution is 2.31. The van der Waals surface area contributed by atoms with Gasteiger partial charge < -0.3 is 14.2 Å². The Morgan fingerprint density at radius 1 is 1.08 bits per heavy atom. The molecule has 0 radical (unpaired) electrons. The summed E-state index contributed by atoms with van der Waals surface area (Å²) in [7, 11) is 0. The third kappa shape index (κ3) is 3.07. The van der Waals surface area contributed by atoms with Gasteiger partial charge in [0.15, 0.2) is 0 Å². The van der Waals surface area contributed by atoms with Crippen LogP contribution < -0.4 is 0 Å². The first kappa shape index (κ1) is 16.7. The first-order valence-electron chi connectivity index (χ1n) is 9.32. The zero-order valence-electron chi connectivity index (χ0n) is 15.1. The van der Waals surface area contributed by atoms with Crippen LogP contribution in [0.4, 0.5) is 4.79 Å². The predicted octanol–water partition coefficient (Wildman–Crippen LogP) is 4.40. The molecule has 1 aliphatic heterocycles. The molecule has 4 heteroatoms. The van der Waals surface area contributed by atoms with Crippen LogP contribution in [-0.4, -0.2) is 28.7 Å². The van der Waals surface area contributed by atoms with Crippen LogP contribution in [0.25, 0.3) is 10.9 Å². The summed E-state index contributed by atoms with van der Waals surface area (Å²) in [6, 6.07) is 19.1. The molecule has 0 N–H and O–H groups in total. The summed E-state index contributed by atoms with van der Waals surface area (Å²) in [5.41, 5.74) is 5.25. The normalized spacial score (nSPS) is 13.7. The van der Waals surface area contributed by atoms with Gasteiger partial charge in [0, 0.05) is 41.7 Å². The zero-order chi connectivity index (χ0) is 17.9. The number of hydrogen-bond acceptors (Lipinski definition) is 2. The quantitative estimate of drug-likeness (QED) is 0.700. The van der Waals surface area contributed by atoms with E-state index in [9.17, 15) is 4.79 Å². The molecule has 4 rings (SSSR count). The van der Waals surface area contributed by atoms with Gasteiger partial charge in [-0.25, -0.2) is 4.79 Å². The number of aromatic nitrogens is 1. The van der Waals surface area contributed by atoms with Crippen LogP contribution >= 0.6 is 0 Å². The van der Waals surface area contributed by atoms with E-state index in [0.29, 0.717) is 19.7 Å². The predicted molar refractivity (Wildman–Crippen MR) is 103 cm³/mol. The summed E-state index contributed by atoms with van der Waals surface area (Å²) < 4.78 is 7.65. The summed E-state index contributed by atoms with van der Waals surface area (Å²) >= 11 is 0. The van der Waals surface area contributed by atoms with Gasteiger partial charge in [-0.1, -0.05) is 48.5 Å². The van der Waals surface area contributed by atoms with E-state index in [2.05, 4.69) is 59.2 Å². The van der Waals surface area contributed by atoms with Gasteiger partial charge in [-0.2, -0.15) is 0 Å². The van der Waals surface area contributed by atoms with Crippen molar-refractivity contribution in [2.45, 2.75) is 32.9 Å². The number of carbonyl (C=O) groups excluding carboxylic acids is 1. The monoisotopic (exact) mass is 348 g/mol. The van der Waals surface area contributed by atoms with Crippen LogP contribution in [-0.2, 0) is 30.7 Å². The Kier molecular flexibility index (Phi) is 4.65. The van der Waals surface area contributed by atoms with Crippen LogP contribution in [0.2, 0.25) is 0 Å². The maximum atomic E-state index is 12.2. The minimum atomic E-state index is -0.209. The largest absolute Gasteiger partial charge is 0.450 e. The zero-order valence-corrected chi connectivity index (χ0v) is 15.1.